The fraction of sp³-hybridized carbons (Fsp3) is 0.538. The lowest BCUT2D eigenvalue weighted by Gasteiger charge is -2.27. The van der Waals surface area contributed by atoms with E-state index in [4.69, 9.17) is 11.6 Å². The standard InChI is InChI=1S/C13H16Br2ClNO2S/c14-10-5-6-13(12(16)7-10)20(18,19)17-8-9-3-1-2-4-11(9)15/h5-7,9,11,17H,1-4,8H2. The maximum atomic E-state index is 12.3. The van der Waals surface area contributed by atoms with E-state index < -0.39 is 10.0 Å². The highest BCUT2D eigenvalue weighted by Gasteiger charge is 2.25. The molecule has 0 aromatic heterocycles. The summed E-state index contributed by atoms with van der Waals surface area (Å²) in [5.74, 6) is 0.341. The summed E-state index contributed by atoms with van der Waals surface area (Å²) < 4.78 is 28.0. The van der Waals surface area contributed by atoms with Crippen molar-refractivity contribution < 1.29 is 8.42 Å². The minimum Gasteiger partial charge on any atom is -0.211 e. The van der Waals surface area contributed by atoms with Gasteiger partial charge >= 0.3 is 0 Å². The van der Waals surface area contributed by atoms with Crippen molar-refractivity contribution in [2.75, 3.05) is 6.54 Å². The van der Waals surface area contributed by atoms with E-state index >= 15 is 0 Å². The van der Waals surface area contributed by atoms with Crippen LogP contribution in [0.25, 0.3) is 0 Å². The van der Waals surface area contributed by atoms with Crippen LogP contribution in [0.15, 0.2) is 27.6 Å². The number of benzene rings is 1. The highest BCUT2D eigenvalue weighted by molar-refractivity contribution is 9.10. The van der Waals surface area contributed by atoms with Crippen LogP contribution >= 0.6 is 43.5 Å². The summed E-state index contributed by atoms with van der Waals surface area (Å²) in [6.45, 7) is 0.449. The van der Waals surface area contributed by atoms with Crippen molar-refractivity contribution in [2.24, 2.45) is 5.92 Å². The zero-order chi connectivity index (χ0) is 14.8. The van der Waals surface area contributed by atoms with Crippen molar-refractivity contribution in [3.63, 3.8) is 0 Å². The Bertz CT molecular complexity index is 580. The summed E-state index contributed by atoms with van der Waals surface area (Å²) in [6.07, 6.45) is 4.52. The van der Waals surface area contributed by atoms with E-state index in [1.54, 1.807) is 12.1 Å². The Morgan fingerprint density at radius 2 is 2.00 bits per heavy atom. The molecule has 1 saturated carbocycles. The van der Waals surface area contributed by atoms with Crippen molar-refractivity contribution in [3.8, 4) is 0 Å². The van der Waals surface area contributed by atoms with Gasteiger partial charge in [0, 0.05) is 15.8 Å². The number of hydrogen-bond donors (Lipinski definition) is 1. The number of hydrogen-bond acceptors (Lipinski definition) is 2. The quantitative estimate of drug-likeness (QED) is 0.701. The molecule has 1 N–H and O–H groups in total. The molecule has 3 nitrogen and oxygen atoms in total. The fourth-order valence-corrected chi connectivity index (χ4v) is 5.28. The molecule has 1 aliphatic carbocycles. The smallest absolute Gasteiger partial charge is 0.211 e. The molecule has 0 spiro atoms. The van der Waals surface area contributed by atoms with Gasteiger partial charge in [-0.3, -0.25) is 0 Å². The predicted molar refractivity (Wildman–Crippen MR) is 89.0 cm³/mol. The Morgan fingerprint density at radius 3 is 2.65 bits per heavy atom. The highest BCUT2D eigenvalue weighted by atomic mass is 79.9. The lowest BCUT2D eigenvalue weighted by molar-refractivity contribution is 0.373. The molecule has 1 aromatic rings. The molecule has 1 aliphatic rings. The van der Waals surface area contributed by atoms with Crippen LogP contribution in [-0.2, 0) is 10.0 Å². The molecule has 7 heteroatoms. The average molecular weight is 446 g/mol. The van der Waals surface area contributed by atoms with Crippen LogP contribution in [-0.4, -0.2) is 19.8 Å². The van der Waals surface area contributed by atoms with Crippen LogP contribution in [0.1, 0.15) is 25.7 Å². The van der Waals surface area contributed by atoms with Gasteiger partial charge < -0.3 is 0 Å². The van der Waals surface area contributed by atoms with E-state index in [9.17, 15) is 8.42 Å². The summed E-state index contributed by atoms with van der Waals surface area (Å²) in [5.41, 5.74) is 0. The molecule has 2 unspecified atom stereocenters. The Hall–Kier alpha value is 0.380. The molecule has 0 aliphatic heterocycles. The van der Waals surface area contributed by atoms with Crippen LogP contribution in [0.3, 0.4) is 0 Å². The van der Waals surface area contributed by atoms with Crippen molar-refractivity contribution >= 4 is 53.5 Å². The summed E-state index contributed by atoms with van der Waals surface area (Å²) in [6, 6.07) is 4.78. The molecule has 0 radical (unpaired) electrons. The zero-order valence-electron chi connectivity index (χ0n) is 10.8. The maximum Gasteiger partial charge on any atom is 0.242 e. The molecular weight excluding hydrogens is 429 g/mol. The van der Waals surface area contributed by atoms with E-state index in [1.807, 2.05) is 0 Å². The first-order valence-corrected chi connectivity index (χ1v) is 10.1. The molecule has 2 atom stereocenters. The average Bonchev–Trinajstić information content (AvgIpc) is 2.37. The molecule has 20 heavy (non-hydrogen) atoms. The first kappa shape index (κ1) is 16.7. The second-order valence-corrected chi connectivity index (χ2v) is 9.22. The van der Waals surface area contributed by atoms with E-state index in [0.717, 1.165) is 23.7 Å². The van der Waals surface area contributed by atoms with Crippen molar-refractivity contribution in [1.29, 1.82) is 0 Å². The number of rotatable bonds is 4. The van der Waals surface area contributed by atoms with Gasteiger partial charge in [0.2, 0.25) is 10.0 Å². The number of halogens is 3. The van der Waals surface area contributed by atoms with Gasteiger partial charge in [-0.1, -0.05) is 56.3 Å². The zero-order valence-corrected chi connectivity index (χ0v) is 15.5. The molecular formula is C13H16Br2ClNO2S. The Balaban J connectivity index is 2.07. The lowest BCUT2D eigenvalue weighted by Crippen LogP contribution is -2.34. The molecule has 1 fully saturated rings. The van der Waals surface area contributed by atoms with Gasteiger partial charge in [-0.25, -0.2) is 13.1 Å². The van der Waals surface area contributed by atoms with Crippen LogP contribution < -0.4 is 4.72 Å². The molecule has 0 heterocycles. The summed E-state index contributed by atoms with van der Waals surface area (Å²) in [5, 5.41) is 0.228. The topological polar surface area (TPSA) is 46.2 Å². The first-order chi connectivity index (χ1) is 9.40. The van der Waals surface area contributed by atoms with E-state index in [-0.39, 0.29) is 9.92 Å². The van der Waals surface area contributed by atoms with Crippen LogP contribution in [0.4, 0.5) is 0 Å². The van der Waals surface area contributed by atoms with E-state index in [0.29, 0.717) is 17.3 Å². The molecule has 1 aromatic carbocycles. The number of nitrogens with one attached hydrogen (secondary N) is 1. The van der Waals surface area contributed by atoms with Crippen LogP contribution in [0, 0.1) is 5.92 Å². The van der Waals surface area contributed by atoms with Gasteiger partial charge in [0.05, 0.1) is 5.02 Å². The van der Waals surface area contributed by atoms with Crippen molar-refractivity contribution in [1.82, 2.24) is 4.72 Å². The van der Waals surface area contributed by atoms with Gasteiger partial charge in [0.1, 0.15) is 4.90 Å². The number of sulfonamides is 1. The summed E-state index contributed by atoms with van der Waals surface area (Å²) in [7, 11) is -3.55. The fourth-order valence-electron chi connectivity index (χ4n) is 2.38. The Morgan fingerprint density at radius 1 is 1.30 bits per heavy atom. The lowest BCUT2D eigenvalue weighted by atomic mass is 9.89. The van der Waals surface area contributed by atoms with Crippen molar-refractivity contribution in [3.05, 3.63) is 27.7 Å². The van der Waals surface area contributed by atoms with Crippen LogP contribution in [0.2, 0.25) is 5.02 Å². The molecule has 2 rings (SSSR count). The third-order valence-electron chi connectivity index (χ3n) is 3.54. The third-order valence-corrected chi connectivity index (χ3v) is 7.14. The second-order valence-electron chi connectivity index (χ2n) is 4.99. The van der Waals surface area contributed by atoms with Gasteiger partial charge in [-0.15, -0.1) is 0 Å². The molecule has 112 valence electrons. The normalized spacial score (nSPS) is 23.8. The maximum absolute atomic E-state index is 12.3. The summed E-state index contributed by atoms with van der Waals surface area (Å²) >= 11 is 12.9. The minimum atomic E-state index is -3.55. The third kappa shape index (κ3) is 4.19. The molecule has 0 amide bonds. The minimum absolute atomic E-state index is 0.129. The first-order valence-electron chi connectivity index (χ1n) is 6.49. The van der Waals surface area contributed by atoms with Gasteiger partial charge in [0.15, 0.2) is 0 Å². The summed E-state index contributed by atoms with van der Waals surface area (Å²) in [4.78, 5) is 0.517. The monoisotopic (exact) mass is 443 g/mol. The van der Waals surface area contributed by atoms with Gasteiger partial charge in [-0.2, -0.15) is 0 Å². The predicted octanol–water partition coefficient (Wildman–Crippen LogP) is 4.33. The van der Waals surface area contributed by atoms with E-state index in [2.05, 4.69) is 36.6 Å². The SMILES string of the molecule is O=S(=O)(NCC1CCCCC1Br)c1ccc(Br)cc1Cl. The van der Waals surface area contributed by atoms with Gasteiger partial charge in [-0.05, 0) is 37.0 Å². The highest BCUT2D eigenvalue weighted by Crippen LogP contribution is 2.30. The largest absolute Gasteiger partial charge is 0.242 e. The second kappa shape index (κ2) is 7.09. The Labute approximate surface area is 141 Å². The van der Waals surface area contributed by atoms with Gasteiger partial charge in [0.25, 0.3) is 0 Å². The van der Waals surface area contributed by atoms with E-state index in [1.165, 1.54) is 12.5 Å². The molecule has 0 bridgehead atoms. The number of alkyl halides is 1. The Kier molecular flexibility index (Phi) is 5.94. The van der Waals surface area contributed by atoms with Crippen LogP contribution in [0.5, 0.6) is 0 Å². The van der Waals surface area contributed by atoms with Crippen molar-refractivity contribution in [2.45, 2.75) is 35.4 Å². The molecule has 0 saturated heterocycles.